The van der Waals surface area contributed by atoms with Crippen molar-refractivity contribution in [1.82, 2.24) is 0 Å². The van der Waals surface area contributed by atoms with E-state index in [0.717, 1.165) is 22.5 Å². The van der Waals surface area contributed by atoms with Gasteiger partial charge in [0.25, 0.3) is 0 Å². The Balaban J connectivity index is 2.04. The van der Waals surface area contributed by atoms with Gasteiger partial charge in [0.1, 0.15) is 0 Å². The van der Waals surface area contributed by atoms with Crippen LogP contribution in [0.1, 0.15) is 24.0 Å². The summed E-state index contributed by atoms with van der Waals surface area (Å²) in [6.45, 7) is 0. The van der Waals surface area contributed by atoms with Crippen LogP contribution in [0.5, 0.6) is 0 Å². The molecule has 2 rings (SSSR count). The van der Waals surface area contributed by atoms with E-state index >= 15 is 0 Å². The molecular weight excluding hydrogens is 359 g/mol. The third kappa shape index (κ3) is 6.77. The molecule has 0 aromatic heterocycles. The molecule has 2 aromatic rings. The van der Waals surface area contributed by atoms with Gasteiger partial charge in [0.2, 0.25) is 11.8 Å². The van der Waals surface area contributed by atoms with E-state index in [1.807, 2.05) is 48.5 Å². The molecule has 0 radical (unpaired) electrons. The molecule has 0 heterocycles. The van der Waals surface area contributed by atoms with Crippen molar-refractivity contribution in [2.24, 2.45) is 0 Å². The van der Waals surface area contributed by atoms with Crippen LogP contribution in [0.25, 0.3) is 0 Å². The molecule has 2 amide bonds. The van der Waals surface area contributed by atoms with Gasteiger partial charge in [-0.15, -0.1) is 23.2 Å². The lowest BCUT2D eigenvalue weighted by Crippen LogP contribution is -2.12. The Morgan fingerprint density at radius 2 is 1.20 bits per heavy atom. The number of rotatable bonds is 8. The number of carbonyl (C=O) groups is 2. The number of alkyl halides is 2. The lowest BCUT2D eigenvalue weighted by Gasteiger charge is -2.09. The van der Waals surface area contributed by atoms with Gasteiger partial charge in [-0.1, -0.05) is 24.3 Å². The van der Waals surface area contributed by atoms with Crippen LogP contribution < -0.4 is 10.6 Å². The second-order valence-corrected chi connectivity index (χ2v) is 6.31. The fourth-order valence-electron chi connectivity index (χ4n) is 2.37. The van der Waals surface area contributed by atoms with Gasteiger partial charge in [-0.05, 0) is 41.8 Å². The zero-order valence-electron chi connectivity index (χ0n) is 13.7. The van der Waals surface area contributed by atoms with Crippen LogP contribution >= 0.6 is 23.2 Å². The molecule has 0 fully saturated rings. The summed E-state index contributed by atoms with van der Waals surface area (Å²) in [5.41, 5.74) is 3.62. The van der Waals surface area contributed by atoms with Crippen molar-refractivity contribution < 1.29 is 9.59 Å². The highest BCUT2D eigenvalue weighted by molar-refractivity contribution is 6.19. The third-order valence-corrected chi connectivity index (χ3v) is 3.85. The number of carbonyl (C=O) groups excluding carboxylic acids is 2. The van der Waals surface area contributed by atoms with Crippen LogP contribution in [0.15, 0.2) is 48.5 Å². The number of benzene rings is 2. The van der Waals surface area contributed by atoms with E-state index in [9.17, 15) is 9.59 Å². The zero-order chi connectivity index (χ0) is 18.1. The summed E-state index contributed by atoms with van der Waals surface area (Å²) in [4.78, 5) is 23.3. The molecule has 0 aliphatic carbocycles. The first-order valence-electron chi connectivity index (χ1n) is 8.00. The van der Waals surface area contributed by atoms with E-state index in [1.54, 1.807) is 0 Å². The van der Waals surface area contributed by atoms with Crippen LogP contribution in [0.4, 0.5) is 11.4 Å². The number of anilines is 2. The number of nitrogens with one attached hydrogen (secondary N) is 2. The van der Waals surface area contributed by atoms with Crippen molar-refractivity contribution in [3.8, 4) is 0 Å². The van der Waals surface area contributed by atoms with Gasteiger partial charge in [-0.25, -0.2) is 0 Å². The lowest BCUT2D eigenvalue weighted by molar-refractivity contribution is -0.116. The van der Waals surface area contributed by atoms with Gasteiger partial charge in [-0.2, -0.15) is 0 Å². The summed E-state index contributed by atoms with van der Waals surface area (Å²) in [7, 11) is 0. The average molecular weight is 379 g/mol. The molecule has 6 heteroatoms. The van der Waals surface area contributed by atoms with Crippen LogP contribution in [-0.4, -0.2) is 23.6 Å². The molecule has 0 bridgehead atoms. The van der Waals surface area contributed by atoms with Crippen LogP contribution in [-0.2, 0) is 16.0 Å². The zero-order valence-corrected chi connectivity index (χ0v) is 15.2. The van der Waals surface area contributed by atoms with Gasteiger partial charge >= 0.3 is 0 Å². The topological polar surface area (TPSA) is 58.2 Å². The summed E-state index contributed by atoms with van der Waals surface area (Å²) >= 11 is 11.1. The smallest absolute Gasteiger partial charge is 0.225 e. The standard InChI is InChI=1S/C19H20Cl2N2O2/c20-9-7-18(24)22-16-5-1-3-14(12-16)11-15-4-2-6-17(13-15)23-19(25)8-10-21/h1-6,12-13H,7-11H2,(H,22,24)(H,23,25). The predicted molar refractivity (Wildman–Crippen MR) is 104 cm³/mol. The fraction of sp³-hybridized carbons (Fsp3) is 0.263. The van der Waals surface area contributed by atoms with E-state index in [2.05, 4.69) is 10.6 Å². The summed E-state index contributed by atoms with van der Waals surface area (Å²) in [5, 5.41) is 5.66. The number of hydrogen-bond acceptors (Lipinski definition) is 2. The molecule has 0 saturated carbocycles. The Kier molecular flexibility index (Phi) is 7.76. The maximum Gasteiger partial charge on any atom is 0.225 e. The SMILES string of the molecule is O=C(CCCl)Nc1cccc(Cc2cccc(NC(=O)CCCl)c2)c1. The second kappa shape index (κ2) is 10.1. The van der Waals surface area contributed by atoms with E-state index in [4.69, 9.17) is 23.2 Å². The van der Waals surface area contributed by atoms with Crippen molar-refractivity contribution in [3.05, 3.63) is 59.7 Å². The van der Waals surface area contributed by atoms with Crippen molar-refractivity contribution in [2.75, 3.05) is 22.4 Å². The van der Waals surface area contributed by atoms with E-state index in [1.165, 1.54) is 0 Å². The van der Waals surface area contributed by atoms with Crippen molar-refractivity contribution in [3.63, 3.8) is 0 Å². The highest BCUT2D eigenvalue weighted by Gasteiger charge is 2.05. The van der Waals surface area contributed by atoms with Gasteiger partial charge in [0.05, 0.1) is 0 Å². The second-order valence-electron chi connectivity index (χ2n) is 5.55. The monoisotopic (exact) mass is 378 g/mol. The fourth-order valence-corrected chi connectivity index (χ4v) is 2.72. The highest BCUT2D eigenvalue weighted by atomic mass is 35.5. The predicted octanol–water partition coefficient (Wildman–Crippen LogP) is 4.41. The van der Waals surface area contributed by atoms with E-state index in [0.29, 0.717) is 18.2 Å². The van der Waals surface area contributed by atoms with Crippen LogP contribution in [0.3, 0.4) is 0 Å². The molecule has 0 spiro atoms. The molecule has 4 nitrogen and oxygen atoms in total. The quantitative estimate of drug-likeness (QED) is 0.668. The number of hydrogen-bond donors (Lipinski definition) is 2. The Hall–Kier alpha value is -2.04. The van der Waals surface area contributed by atoms with Crippen LogP contribution in [0, 0.1) is 0 Å². The molecular formula is C19H20Cl2N2O2. The summed E-state index contributed by atoms with van der Waals surface area (Å²) < 4.78 is 0. The number of halogens is 2. The average Bonchev–Trinajstić information content (AvgIpc) is 2.56. The van der Waals surface area contributed by atoms with Gasteiger partial charge < -0.3 is 10.6 Å². The largest absolute Gasteiger partial charge is 0.326 e. The molecule has 0 aliphatic rings. The Morgan fingerprint density at radius 3 is 1.60 bits per heavy atom. The number of amides is 2. The minimum absolute atomic E-state index is 0.101. The molecule has 2 aromatic carbocycles. The lowest BCUT2D eigenvalue weighted by atomic mass is 10.0. The first-order chi connectivity index (χ1) is 12.1. The molecule has 0 unspecified atom stereocenters. The summed E-state index contributed by atoms with van der Waals surface area (Å²) in [6.07, 6.45) is 1.27. The summed E-state index contributed by atoms with van der Waals surface area (Å²) in [5.74, 6) is 0.397. The molecule has 0 saturated heterocycles. The molecule has 0 aliphatic heterocycles. The third-order valence-electron chi connectivity index (χ3n) is 3.47. The Labute approximate surface area is 157 Å². The Bertz CT molecular complexity index is 673. The Morgan fingerprint density at radius 1 is 0.760 bits per heavy atom. The minimum Gasteiger partial charge on any atom is -0.326 e. The van der Waals surface area contributed by atoms with Crippen molar-refractivity contribution in [1.29, 1.82) is 0 Å². The minimum atomic E-state index is -0.101. The first kappa shape index (κ1) is 19.3. The summed E-state index contributed by atoms with van der Waals surface area (Å²) in [6, 6.07) is 15.4. The maximum atomic E-state index is 11.6. The molecule has 25 heavy (non-hydrogen) atoms. The van der Waals surface area contributed by atoms with Gasteiger partial charge in [-0.3, -0.25) is 9.59 Å². The maximum absolute atomic E-state index is 11.6. The van der Waals surface area contributed by atoms with Gasteiger partial charge in [0.15, 0.2) is 0 Å². The van der Waals surface area contributed by atoms with Crippen molar-refractivity contribution >= 4 is 46.4 Å². The normalized spacial score (nSPS) is 10.3. The highest BCUT2D eigenvalue weighted by Crippen LogP contribution is 2.18. The first-order valence-corrected chi connectivity index (χ1v) is 9.07. The van der Waals surface area contributed by atoms with Crippen molar-refractivity contribution in [2.45, 2.75) is 19.3 Å². The van der Waals surface area contributed by atoms with Crippen LogP contribution in [0.2, 0.25) is 0 Å². The molecule has 132 valence electrons. The molecule has 2 N–H and O–H groups in total. The van der Waals surface area contributed by atoms with E-state index < -0.39 is 0 Å². The van der Waals surface area contributed by atoms with E-state index in [-0.39, 0.29) is 24.7 Å². The molecule has 0 atom stereocenters. The van der Waals surface area contributed by atoms with Gasteiger partial charge in [0, 0.05) is 36.0 Å².